The Labute approximate surface area is 127 Å². The zero-order valence-electron chi connectivity index (χ0n) is 13.0. The minimum absolute atomic E-state index is 0.249. The van der Waals surface area contributed by atoms with E-state index in [4.69, 9.17) is 0 Å². The molecule has 0 aromatic heterocycles. The third-order valence-electron chi connectivity index (χ3n) is 4.00. The van der Waals surface area contributed by atoms with Crippen molar-refractivity contribution in [1.29, 1.82) is 0 Å². The van der Waals surface area contributed by atoms with Crippen molar-refractivity contribution in [3.63, 3.8) is 0 Å². The van der Waals surface area contributed by atoms with Crippen molar-refractivity contribution in [2.75, 3.05) is 13.6 Å². The average molecular weight is 311 g/mol. The van der Waals surface area contributed by atoms with Crippen LogP contribution in [0.2, 0.25) is 0 Å². The molecule has 1 aliphatic rings. The Hall–Kier alpha value is -0.910. The fourth-order valence-electron chi connectivity index (χ4n) is 2.76. The summed E-state index contributed by atoms with van der Waals surface area (Å²) in [6.07, 6.45) is 2.11. The van der Waals surface area contributed by atoms with Gasteiger partial charge in [0.2, 0.25) is 10.0 Å². The zero-order valence-corrected chi connectivity index (χ0v) is 13.8. The Balaban J connectivity index is 2.04. The number of aliphatic hydroxyl groups excluding tert-OH is 1. The SMILES string of the molecule is CC(C)Cc1ccc(S(=O)(=O)N(C)CC2CC(O)C2)cc1. The van der Waals surface area contributed by atoms with Crippen molar-refractivity contribution < 1.29 is 13.5 Å². The zero-order chi connectivity index (χ0) is 15.6. The van der Waals surface area contributed by atoms with E-state index in [-0.39, 0.29) is 12.0 Å². The standard InChI is InChI=1S/C16H25NO3S/c1-12(2)8-13-4-6-16(7-5-13)21(19,20)17(3)11-14-9-15(18)10-14/h4-7,12,14-15,18H,8-11H2,1-3H3. The predicted molar refractivity (Wildman–Crippen MR) is 83.5 cm³/mol. The first-order chi connectivity index (χ1) is 9.79. The number of rotatable bonds is 6. The molecule has 0 atom stereocenters. The van der Waals surface area contributed by atoms with Gasteiger partial charge >= 0.3 is 0 Å². The highest BCUT2D eigenvalue weighted by atomic mass is 32.2. The average Bonchev–Trinajstić information content (AvgIpc) is 2.36. The van der Waals surface area contributed by atoms with Crippen LogP contribution >= 0.6 is 0 Å². The molecule has 0 heterocycles. The number of nitrogens with zero attached hydrogens (tertiary/aromatic N) is 1. The Morgan fingerprint density at radius 2 is 1.81 bits per heavy atom. The molecule has 5 heteroatoms. The number of sulfonamides is 1. The van der Waals surface area contributed by atoms with Crippen LogP contribution in [0.25, 0.3) is 0 Å². The summed E-state index contributed by atoms with van der Waals surface area (Å²) in [5.74, 6) is 0.833. The van der Waals surface area contributed by atoms with Gasteiger partial charge in [-0.05, 0) is 48.8 Å². The van der Waals surface area contributed by atoms with E-state index in [0.717, 1.165) is 12.0 Å². The molecule has 21 heavy (non-hydrogen) atoms. The molecule has 1 aromatic rings. The largest absolute Gasteiger partial charge is 0.393 e. The van der Waals surface area contributed by atoms with Gasteiger partial charge in [-0.15, -0.1) is 0 Å². The van der Waals surface area contributed by atoms with Crippen molar-refractivity contribution in [2.45, 2.75) is 44.1 Å². The van der Waals surface area contributed by atoms with E-state index in [1.165, 1.54) is 4.31 Å². The molecule has 118 valence electrons. The Morgan fingerprint density at radius 1 is 1.24 bits per heavy atom. The topological polar surface area (TPSA) is 57.6 Å². The Morgan fingerprint density at radius 3 is 2.29 bits per heavy atom. The summed E-state index contributed by atoms with van der Waals surface area (Å²) in [5, 5.41) is 9.29. The van der Waals surface area contributed by atoms with E-state index < -0.39 is 10.0 Å². The van der Waals surface area contributed by atoms with Crippen LogP contribution in [0.3, 0.4) is 0 Å². The van der Waals surface area contributed by atoms with Gasteiger partial charge in [0.25, 0.3) is 0 Å². The van der Waals surface area contributed by atoms with Crippen LogP contribution in [0.5, 0.6) is 0 Å². The van der Waals surface area contributed by atoms with Crippen LogP contribution in [0, 0.1) is 11.8 Å². The van der Waals surface area contributed by atoms with Gasteiger partial charge in [-0.1, -0.05) is 26.0 Å². The van der Waals surface area contributed by atoms with Crippen molar-refractivity contribution in [2.24, 2.45) is 11.8 Å². The van der Waals surface area contributed by atoms with Gasteiger partial charge in [0, 0.05) is 13.6 Å². The second-order valence-corrected chi connectivity index (χ2v) is 8.56. The Kier molecular flexibility index (Phi) is 5.07. The molecule has 1 aromatic carbocycles. The minimum Gasteiger partial charge on any atom is -0.393 e. The lowest BCUT2D eigenvalue weighted by Gasteiger charge is -2.34. The van der Waals surface area contributed by atoms with Crippen molar-refractivity contribution in [3.8, 4) is 0 Å². The molecule has 0 spiro atoms. The second-order valence-electron chi connectivity index (χ2n) is 6.52. The molecule has 1 aliphatic carbocycles. The summed E-state index contributed by atoms with van der Waals surface area (Å²) < 4.78 is 26.4. The maximum atomic E-state index is 12.5. The third kappa shape index (κ3) is 4.05. The van der Waals surface area contributed by atoms with Crippen LogP contribution < -0.4 is 0 Å². The number of hydrogen-bond donors (Lipinski definition) is 1. The quantitative estimate of drug-likeness (QED) is 0.877. The highest BCUT2D eigenvalue weighted by Crippen LogP contribution is 2.29. The molecule has 0 bridgehead atoms. The summed E-state index contributed by atoms with van der Waals surface area (Å²) >= 11 is 0. The van der Waals surface area contributed by atoms with Gasteiger partial charge in [-0.3, -0.25) is 0 Å². The van der Waals surface area contributed by atoms with Crippen LogP contribution in [0.15, 0.2) is 29.2 Å². The van der Waals surface area contributed by atoms with Crippen LogP contribution in [0.1, 0.15) is 32.3 Å². The number of aliphatic hydroxyl groups is 1. The highest BCUT2D eigenvalue weighted by Gasteiger charge is 2.31. The lowest BCUT2D eigenvalue weighted by Crippen LogP contribution is -2.39. The maximum absolute atomic E-state index is 12.5. The molecule has 0 aliphatic heterocycles. The summed E-state index contributed by atoms with van der Waals surface area (Å²) in [6.45, 7) is 4.77. The summed E-state index contributed by atoms with van der Waals surface area (Å²) in [5.41, 5.74) is 1.16. The second kappa shape index (κ2) is 6.46. The third-order valence-corrected chi connectivity index (χ3v) is 5.84. The van der Waals surface area contributed by atoms with Crippen molar-refractivity contribution in [3.05, 3.63) is 29.8 Å². The summed E-state index contributed by atoms with van der Waals surface area (Å²) in [6, 6.07) is 7.18. The van der Waals surface area contributed by atoms with E-state index in [1.54, 1.807) is 19.2 Å². The smallest absolute Gasteiger partial charge is 0.242 e. The van der Waals surface area contributed by atoms with Gasteiger partial charge < -0.3 is 5.11 Å². The van der Waals surface area contributed by atoms with Gasteiger partial charge in [0.05, 0.1) is 11.0 Å². The molecule has 1 fully saturated rings. The van der Waals surface area contributed by atoms with Gasteiger partial charge in [0.15, 0.2) is 0 Å². The molecule has 0 amide bonds. The Bertz CT molecular complexity index is 560. The molecule has 0 unspecified atom stereocenters. The van der Waals surface area contributed by atoms with E-state index in [9.17, 15) is 13.5 Å². The normalized spacial score (nSPS) is 22.6. The van der Waals surface area contributed by atoms with E-state index in [1.807, 2.05) is 12.1 Å². The number of benzene rings is 1. The fourth-order valence-corrected chi connectivity index (χ4v) is 4.01. The van der Waals surface area contributed by atoms with E-state index in [2.05, 4.69) is 13.8 Å². The van der Waals surface area contributed by atoms with Gasteiger partial charge in [0.1, 0.15) is 0 Å². The maximum Gasteiger partial charge on any atom is 0.242 e. The lowest BCUT2D eigenvalue weighted by molar-refractivity contribution is 0.0367. The monoisotopic (exact) mass is 311 g/mol. The van der Waals surface area contributed by atoms with Crippen LogP contribution in [-0.2, 0) is 16.4 Å². The first-order valence-corrected chi connectivity index (χ1v) is 8.96. The molecule has 2 rings (SSSR count). The molecule has 1 N–H and O–H groups in total. The lowest BCUT2D eigenvalue weighted by atomic mass is 9.82. The first kappa shape index (κ1) is 16.5. The summed E-state index contributed by atoms with van der Waals surface area (Å²) in [4.78, 5) is 0.345. The van der Waals surface area contributed by atoms with Gasteiger partial charge in [-0.25, -0.2) is 12.7 Å². The predicted octanol–water partition coefficient (Wildman–Crippen LogP) is 2.28. The molecular weight excluding hydrogens is 286 g/mol. The first-order valence-electron chi connectivity index (χ1n) is 7.52. The minimum atomic E-state index is -3.42. The van der Waals surface area contributed by atoms with Crippen LogP contribution in [-0.4, -0.2) is 37.5 Å². The van der Waals surface area contributed by atoms with Gasteiger partial charge in [-0.2, -0.15) is 0 Å². The molecule has 0 radical (unpaired) electrons. The molecular formula is C16H25NO3S. The van der Waals surface area contributed by atoms with Crippen LogP contribution in [0.4, 0.5) is 0 Å². The molecule has 1 saturated carbocycles. The molecule has 0 saturated heterocycles. The van der Waals surface area contributed by atoms with Crippen molar-refractivity contribution in [1.82, 2.24) is 4.31 Å². The molecule has 4 nitrogen and oxygen atoms in total. The van der Waals surface area contributed by atoms with E-state index in [0.29, 0.717) is 30.2 Å². The fraction of sp³-hybridized carbons (Fsp3) is 0.625. The summed E-state index contributed by atoms with van der Waals surface area (Å²) in [7, 11) is -1.81. The number of hydrogen-bond acceptors (Lipinski definition) is 3. The highest BCUT2D eigenvalue weighted by molar-refractivity contribution is 7.89. The van der Waals surface area contributed by atoms with Crippen molar-refractivity contribution >= 4 is 10.0 Å². The van der Waals surface area contributed by atoms with E-state index >= 15 is 0 Å².